The van der Waals surface area contributed by atoms with Crippen LogP contribution in [0.4, 0.5) is 0 Å². The van der Waals surface area contributed by atoms with Gasteiger partial charge in [-0.25, -0.2) is 0 Å². The fraction of sp³-hybridized carbons (Fsp3) is 0.545. The van der Waals surface area contributed by atoms with Crippen molar-refractivity contribution < 1.29 is 14.3 Å². The van der Waals surface area contributed by atoms with Crippen molar-refractivity contribution in [2.75, 3.05) is 33.4 Å². The van der Waals surface area contributed by atoms with Crippen molar-refractivity contribution in [2.45, 2.75) is 0 Å². The van der Waals surface area contributed by atoms with Gasteiger partial charge in [-0.2, -0.15) is 4.98 Å². The lowest BCUT2D eigenvalue weighted by atomic mass is 10.0. The normalized spacial score (nSPS) is 15.3. The van der Waals surface area contributed by atoms with Gasteiger partial charge >= 0.3 is 0 Å². The van der Waals surface area contributed by atoms with Crippen LogP contribution in [-0.4, -0.2) is 54.2 Å². The molecule has 0 saturated carbocycles. The van der Waals surface area contributed by atoms with E-state index < -0.39 is 0 Å². The quantitative estimate of drug-likeness (QED) is 0.785. The third kappa shape index (κ3) is 3.30. The summed E-state index contributed by atoms with van der Waals surface area (Å²) in [4.78, 5) is 21.0. The molecule has 2 rings (SSSR count). The van der Waals surface area contributed by atoms with Crippen molar-refractivity contribution in [2.24, 2.45) is 5.92 Å². The van der Waals surface area contributed by atoms with Gasteiger partial charge in [0.05, 0.1) is 19.0 Å². The second kappa shape index (κ2) is 5.97. The average Bonchev–Trinajstić information content (AvgIpc) is 2.27. The fourth-order valence-electron chi connectivity index (χ4n) is 1.69. The Labute approximate surface area is 110 Å². The van der Waals surface area contributed by atoms with Crippen molar-refractivity contribution >= 4 is 17.5 Å². The zero-order chi connectivity index (χ0) is 13.0. The van der Waals surface area contributed by atoms with Gasteiger partial charge in [0.2, 0.25) is 11.8 Å². The van der Waals surface area contributed by atoms with Crippen molar-refractivity contribution in [1.82, 2.24) is 14.9 Å². The molecule has 0 atom stereocenters. The van der Waals surface area contributed by atoms with Gasteiger partial charge in [-0.1, -0.05) is 11.6 Å². The second-order valence-electron chi connectivity index (χ2n) is 4.09. The number of nitrogens with zero attached hydrogens (tertiary/aromatic N) is 3. The number of carbonyl (C=O) groups excluding carboxylic acids is 1. The van der Waals surface area contributed by atoms with Crippen LogP contribution in [0.5, 0.6) is 5.88 Å². The smallest absolute Gasteiger partial charge is 0.248 e. The number of ether oxygens (including phenoxy) is 2. The van der Waals surface area contributed by atoms with Crippen LogP contribution in [0.15, 0.2) is 12.4 Å². The molecule has 18 heavy (non-hydrogen) atoms. The van der Waals surface area contributed by atoms with Crippen LogP contribution in [0.2, 0.25) is 5.15 Å². The number of aromatic nitrogens is 2. The highest BCUT2D eigenvalue weighted by Crippen LogP contribution is 2.17. The van der Waals surface area contributed by atoms with Crippen LogP contribution in [-0.2, 0) is 9.53 Å². The Bertz CT molecular complexity index is 424. The molecule has 1 aromatic heterocycles. The molecule has 7 heteroatoms. The summed E-state index contributed by atoms with van der Waals surface area (Å²) in [6.45, 7) is 2.02. The Balaban J connectivity index is 1.70. The summed E-state index contributed by atoms with van der Waals surface area (Å²) in [6, 6.07) is 0. The molecule has 0 N–H and O–H groups in total. The highest BCUT2D eigenvalue weighted by Gasteiger charge is 2.30. The minimum absolute atomic E-state index is 0.0105. The molecule has 1 saturated heterocycles. The molecule has 1 amide bonds. The van der Waals surface area contributed by atoms with Gasteiger partial charge in [-0.3, -0.25) is 9.78 Å². The number of likely N-dealkylation sites (tertiary alicyclic amines) is 1. The molecule has 0 bridgehead atoms. The summed E-state index contributed by atoms with van der Waals surface area (Å²) in [6.07, 6.45) is 2.96. The monoisotopic (exact) mass is 271 g/mol. The van der Waals surface area contributed by atoms with Crippen LogP contribution < -0.4 is 4.74 Å². The first kappa shape index (κ1) is 13.0. The number of rotatable bonds is 5. The first-order valence-electron chi connectivity index (χ1n) is 5.56. The molecule has 1 aromatic rings. The van der Waals surface area contributed by atoms with E-state index in [-0.39, 0.29) is 12.5 Å². The number of amides is 1. The fourth-order valence-corrected chi connectivity index (χ4v) is 1.83. The first-order chi connectivity index (χ1) is 8.69. The van der Waals surface area contributed by atoms with E-state index >= 15 is 0 Å². The highest BCUT2D eigenvalue weighted by molar-refractivity contribution is 6.29. The van der Waals surface area contributed by atoms with E-state index in [1.165, 1.54) is 19.5 Å². The Morgan fingerprint density at radius 3 is 3.00 bits per heavy atom. The molecule has 0 aliphatic carbocycles. The van der Waals surface area contributed by atoms with Crippen molar-refractivity contribution in [3.63, 3.8) is 0 Å². The SMILES string of the molecule is COCC(=O)N1CC(COc2cncc(Cl)n2)C1. The molecular weight excluding hydrogens is 258 g/mol. The Hall–Kier alpha value is -1.40. The number of halogens is 1. The first-order valence-corrected chi connectivity index (χ1v) is 5.94. The molecule has 1 fully saturated rings. The summed E-state index contributed by atoms with van der Waals surface area (Å²) in [5.41, 5.74) is 0. The largest absolute Gasteiger partial charge is 0.476 e. The standard InChI is InChI=1S/C11H14ClN3O3/c1-17-7-11(16)15-4-8(5-15)6-18-10-3-13-2-9(12)14-10/h2-3,8H,4-7H2,1H3. The maximum absolute atomic E-state index is 11.4. The van der Waals surface area contributed by atoms with Gasteiger partial charge in [0.1, 0.15) is 6.61 Å². The van der Waals surface area contributed by atoms with Crippen molar-refractivity contribution in [1.29, 1.82) is 0 Å². The average molecular weight is 272 g/mol. The number of methoxy groups -OCH3 is 1. The Kier molecular flexibility index (Phi) is 4.33. The van der Waals surface area contributed by atoms with Crippen LogP contribution in [0.3, 0.4) is 0 Å². The number of carbonyl (C=O) groups is 1. The van der Waals surface area contributed by atoms with Gasteiger partial charge in [-0.15, -0.1) is 0 Å². The minimum atomic E-state index is 0.0105. The lowest BCUT2D eigenvalue weighted by molar-refractivity contribution is -0.142. The maximum atomic E-state index is 11.4. The second-order valence-corrected chi connectivity index (χ2v) is 4.48. The molecule has 0 radical (unpaired) electrons. The lowest BCUT2D eigenvalue weighted by Crippen LogP contribution is -2.53. The number of hydrogen-bond donors (Lipinski definition) is 0. The van der Waals surface area contributed by atoms with Crippen LogP contribution >= 0.6 is 11.6 Å². The summed E-state index contributed by atoms with van der Waals surface area (Å²) in [7, 11) is 1.51. The van der Waals surface area contributed by atoms with Gasteiger partial charge in [0.25, 0.3) is 0 Å². The molecular formula is C11H14ClN3O3. The summed E-state index contributed by atoms with van der Waals surface area (Å²) in [5, 5.41) is 0.304. The third-order valence-electron chi connectivity index (χ3n) is 2.63. The van der Waals surface area contributed by atoms with Gasteiger partial charge in [0, 0.05) is 26.1 Å². The Morgan fingerprint density at radius 2 is 2.33 bits per heavy atom. The van der Waals surface area contributed by atoms with E-state index in [2.05, 4.69) is 9.97 Å². The zero-order valence-corrected chi connectivity index (χ0v) is 10.8. The van der Waals surface area contributed by atoms with E-state index in [9.17, 15) is 4.79 Å². The van der Waals surface area contributed by atoms with E-state index in [1.54, 1.807) is 4.90 Å². The van der Waals surface area contributed by atoms with Gasteiger partial charge in [-0.05, 0) is 0 Å². The van der Waals surface area contributed by atoms with E-state index in [4.69, 9.17) is 21.1 Å². The molecule has 1 aliphatic heterocycles. The van der Waals surface area contributed by atoms with Crippen molar-refractivity contribution in [3.05, 3.63) is 17.5 Å². The third-order valence-corrected chi connectivity index (χ3v) is 2.81. The molecule has 0 spiro atoms. The summed E-state index contributed by atoms with van der Waals surface area (Å²) < 4.78 is 10.2. The number of hydrogen-bond acceptors (Lipinski definition) is 5. The molecule has 6 nitrogen and oxygen atoms in total. The lowest BCUT2D eigenvalue weighted by Gasteiger charge is -2.38. The molecule has 2 heterocycles. The Morgan fingerprint density at radius 1 is 1.56 bits per heavy atom. The van der Waals surface area contributed by atoms with E-state index in [0.29, 0.717) is 36.6 Å². The van der Waals surface area contributed by atoms with Crippen molar-refractivity contribution in [3.8, 4) is 5.88 Å². The zero-order valence-electron chi connectivity index (χ0n) is 10.0. The molecule has 1 aliphatic rings. The highest BCUT2D eigenvalue weighted by atomic mass is 35.5. The molecule has 0 aromatic carbocycles. The molecule has 98 valence electrons. The molecule has 0 unspecified atom stereocenters. The van der Waals surface area contributed by atoms with E-state index in [1.807, 2.05) is 0 Å². The summed E-state index contributed by atoms with van der Waals surface area (Å²) >= 11 is 5.69. The summed E-state index contributed by atoms with van der Waals surface area (Å²) in [5.74, 6) is 0.743. The minimum Gasteiger partial charge on any atom is -0.476 e. The predicted octanol–water partition coefficient (Wildman–Crippen LogP) is 0.614. The topological polar surface area (TPSA) is 64.5 Å². The van der Waals surface area contributed by atoms with Crippen LogP contribution in [0.1, 0.15) is 0 Å². The van der Waals surface area contributed by atoms with Crippen LogP contribution in [0.25, 0.3) is 0 Å². The van der Waals surface area contributed by atoms with Gasteiger partial charge in [0.15, 0.2) is 5.15 Å². The van der Waals surface area contributed by atoms with E-state index in [0.717, 1.165) is 0 Å². The van der Waals surface area contributed by atoms with Crippen LogP contribution in [0, 0.1) is 5.92 Å². The van der Waals surface area contributed by atoms with Gasteiger partial charge < -0.3 is 14.4 Å². The predicted molar refractivity (Wildman–Crippen MR) is 64.5 cm³/mol. The maximum Gasteiger partial charge on any atom is 0.248 e.